The number of nitrogens with zero attached hydrogens (tertiary/aromatic N) is 4. The minimum atomic E-state index is -0.261. The van der Waals surface area contributed by atoms with Gasteiger partial charge in [-0.1, -0.05) is 13.8 Å². The largest absolute Gasteiger partial charge is 0.368 e. The van der Waals surface area contributed by atoms with Crippen LogP contribution in [0.1, 0.15) is 55.1 Å². The van der Waals surface area contributed by atoms with E-state index in [4.69, 9.17) is 9.72 Å². The number of rotatable bonds is 2. The van der Waals surface area contributed by atoms with Gasteiger partial charge in [-0.15, -0.1) is 0 Å². The SMILES string of the molecule is CC(C)c1ccc(C#N)c(N2CCC3(CC2)OCCc2cn[nH]c23)n1. The van der Waals surface area contributed by atoms with Crippen LogP contribution in [0.5, 0.6) is 0 Å². The summed E-state index contributed by atoms with van der Waals surface area (Å²) in [6.07, 6.45) is 4.60. The Morgan fingerprint density at radius 3 is 2.84 bits per heavy atom. The molecule has 0 aliphatic carbocycles. The predicted octanol–water partition coefficient (Wildman–Crippen LogP) is 2.87. The van der Waals surface area contributed by atoms with Gasteiger partial charge in [0.15, 0.2) is 0 Å². The number of anilines is 1. The van der Waals surface area contributed by atoms with Crippen LogP contribution in [0.3, 0.4) is 0 Å². The van der Waals surface area contributed by atoms with E-state index in [0.717, 1.165) is 56.2 Å². The fourth-order valence-electron chi connectivity index (χ4n) is 3.91. The maximum Gasteiger partial charge on any atom is 0.146 e. The maximum atomic E-state index is 9.47. The third kappa shape index (κ3) is 2.69. The van der Waals surface area contributed by atoms with Gasteiger partial charge in [0.2, 0.25) is 0 Å². The van der Waals surface area contributed by atoms with Crippen molar-refractivity contribution < 1.29 is 4.74 Å². The number of H-pyrrole nitrogens is 1. The van der Waals surface area contributed by atoms with Gasteiger partial charge in [-0.25, -0.2) is 4.98 Å². The van der Waals surface area contributed by atoms with E-state index >= 15 is 0 Å². The Kier molecular flexibility index (Phi) is 3.97. The predicted molar refractivity (Wildman–Crippen MR) is 94.4 cm³/mol. The molecule has 1 fully saturated rings. The van der Waals surface area contributed by atoms with Crippen LogP contribution >= 0.6 is 0 Å². The van der Waals surface area contributed by atoms with Crippen molar-refractivity contribution in [3.8, 4) is 6.07 Å². The number of hydrogen-bond donors (Lipinski definition) is 1. The topological polar surface area (TPSA) is 77.8 Å². The third-order valence-corrected chi connectivity index (χ3v) is 5.40. The van der Waals surface area contributed by atoms with Crippen molar-refractivity contribution in [3.63, 3.8) is 0 Å². The molecule has 130 valence electrons. The highest BCUT2D eigenvalue weighted by molar-refractivity contribution is 5.55. The molecule has 0 unspecified atom stereocenters. The Hall–Kier alpha value is -2.39. The van der Waals surface area contributed by atoms with Gasteiger partial charge in [-0.05, 0) is 42.9 Å². The number of nitriles is 1. The molecule has 0 amide bonds. The summed E-state index contributed by atoms with van der Waals surface area (Å²) in [6.45, 7) is 6.64. The van der Waals surface area contributed by atoms with E-state index in [-0.39, 0.29) is 5.60 Å². The molecular weight excluding hydrogens is 314 g/mol. The quantitative estimate of drug-likeness (QED) is 0.912. The van der Waals surface area contributed by atoms with E-state index in [1.807, 2.05) is 18.3 Å². The maximum absolute atomic E-state index is 9.47. The fraction of sp³-hybridized carbons (Fsp3) is 0.526. The standard InChI is InChI=1S/C19H23N5O/c1-13(2)16-4-3-14(11-20)18(22-16)24-8-6-19(7-9-24)17-15(5-10-25-19)12-21-23-17/h3-4,12-13H,5-10H2,1-2H3,(H,21,23). The molecule has 0 bridgehead atoms. The molecule has 1 spiro atoms. The van der Waals surface area contributed by atoms with E-state index in [1.165, 1.54) is 5.56 Å². The Balaban J connectivity index is 1.59. The lowest BCUT2D eigenvalue weighted by Gasteiger charge is -2.43. The highest BCUT2D eigenvalue weighted by atomic mass is 16.5. The van der Waals surface area contributed by atoms with E-state index in [0.29, 0.717) is 11.5 Å². The minimum Gasteiger partial charge on any atom is -0.368 e. The number of aromatic amines is 1. The number of piperidine rings is 1. The summed E-state index contributed by atoms with van der Waals surface area (Å²) >= 11 is 0. The molecule has 4 heterocycles. The van der Waals surface area contributed by atoms with Gasteiger partial charge in [0.25, 0.3) is 0 Å². The lowest BCUT2D eigenvalue weighted by atomic mass is 9.83. The zero-order chi connectivity index (χ0) is 17.4. The molecule has 1 N–H and O–H groups in total. The van der Waals surface area contributed by atoms with E-state index in [9.17, 15) is 5.26 Å². The van der Waals surface area contributed by atoms with E-state index in [2.05, 4.69) is 35.0 Å². The molecule has 0 aromatic carbocycles. The van der Waals surface area contributed by atoms with Crippen molar-refractivity contribution in [2.75, 3.05) is 24.6 Å². The number of nitrogens with one attached hydrogen (secondary N) is 1. The first-order chi connectivity index (χ1) is 12.1. The molecule has 2 aliphatic heterocycles. The van der Waals surface area contributed by atoms with Crippen LogP contribution < -0.4 is 4.90 Å². The average Bonchev–Trinajstić information content (AvgIpc) is 3.12. The summed E-state index contributed by atoms with van der Waals surface area (Å²) < 4.78 is 6.21. The molecule has 2 aliphatic rings. The molecular formula is C19H23N5O. The summed E-state index contributed by atoms with van der Waals surface area (Å²) in [6, 6.07) is 6.14. The second-order valence-electron chi connectivity index (χ2n) is 7.22. The van der Waals surface area contributed by atoms with E-state index < -0.39 is 0 Å². The molecule has 0 saturated carbocycles. The number of hydrogen-bond acceptors (Lipinski definition) is 5. The zero-order valence-electron chi connectivity index (χ0n) is 14.7. The first kappa shape index (κ1) is 16.1. The summed E-state index contributed by atoms with van der Waals surface area (Å²) in [5.41, 5.74) is 3.83. The molecule has 4 rings (SSSR count). The Morgan fingerprint density at radius 1 is 1.32 bits per heavy atom. The first-order valence-electron chi connectivity index (χ1n) is 8.95. The normalized spacial score (nSPS) is 19.0. The second-order valence-corrected chi connectivity index (χ2v) is 7.22. The summed E-state index contributed by atoms with van der Waals surface area (Å²) in [4.78, 5) is 7.00. The van der Waals surface area contributed by atoms with Crippen molar-refractivity contribution >= 4 is 5.82 Å². The molecule has 6 nitrogen and oxygen atoms in total. The Bertz CT molecular complexity index is 811. The number of ether oxygens (including phenoxy) is 1. The molecule has 25 heavy (non-hydrogen) atoms. The monoisotopic (exact) mass is 337 g/mol. The minimum absolute atomic E-state index is 0.261. The molecule has 6 heteroatoms. The summed E-state index contributed by atoms with van der Waals surface area (Å²) in [5, 5.41) is 16.8. The van der Waals surface area contributed by atoms with Crippen molar-refractivity contribution in [2.24, 2.45) is 0 Å². The van der Waals surface area contributed by atoms with Gasteiger partial charge in [-0.2, -0.15) is 10.4 Å². The van der Waals surface area contributed by atoms with Crippen LogP contribution in [0.4, 0.5) is 5.82 Å². The van der Waals surface area contributed by atoms with Crippen LogP contribution in [-0.2, 0) is 16.8 Å². The van der Waals surface area contributed by atoms with Crippen LogP contribution in [0.25, 0.3) is 0 Å². The zero-order valence-corrected chi connectivity index (χ0v) is 14.7. The number of fused-ring (bicyclic) bond motifs is 2. The lowest BCUT2D eigenvalue weighted by Crippen LogP contribution is -2.47. The second kappa shape index (κ2) is 6.16. The van der Waals surface area contributed by atoms with Gasteiger partial charge in [0, 0.05) is 18.8 Å². The van der Waals surface area contributed by atoms with Crippen molar-refractivity contribution in [2.45, 2.75) is 44.6 Å². The molecule has 0 radical (unpaired) electrons. The number of aromatic nitrogens is 3. The molecule has 1 saturated heterocycles. The van der Waals surface area contributed by atoms with Gasteiger partial charge in [-0.3, -0.25) is 5.10 Å². The van der Waals surface area contributed by atoms with Gasteiger partial charge < -0.3 is 9.64 Å². The fourth-order valence-corrected chi connectivity index (χ4v) is 3.91. The Labute approximate surface area is 147 Å². The van der Waals surface area contributed by atoms with E-state index in [1.54, 1.807) is 0 Å². The smallest absolute Gasteiger partial charge is 0.146 e. The number of pyridine rings is 1. The average molecular weight is 337 g/mol. The van der Waals surface area contributed by atoms with Gasteiger partial charge in [0.05, 0.1) is 24.1 Å². The Morgan fingerprint density at radius 2 is 2.12 bits per heavy atom. The van der Waals surface area contributed by atoms with Gasteiger partial charge >= 0.3 is 0 Å². The summed E-state index contributed by atoms with van der Waals surface area (Å²) in [7, 11) is 0. The van der Waals surface area contributed by atoms with Gasteiger partial charge in [0.1, 0.15) is 17.5 Å². The lowest BCUT2D eigenvalue weighted by molar-refractivity contribution is -0.0796. The molecule has 0 atom stereocenters. The van der Waals surface area contributed by atoms with Crippen LogP contribution in [-0.4, -0.2) is 34.9 Å². The van der Waals surface area contributed by atoms with Crippen molar-refractivity contribution in [1.29, 1.82) is 5.26 Å². The highest BCUT2D eigenvalue weighted by Gasteiger charge is 2.42. The summed E-state index contributed by atoms with van der Waals surface area (Å²) in [5.74, 6) is 1.15. The molecule has 2 aromatic heterocycles. The first-order valence-corrected chi connectivity index (χ1v) is 8.95. The molecule has 2 aromatic rings. The highest BCUT2D eigenvalue weighted by Crippen LogP contribution is 2.41. The van der Waals surface area contributed by atoms with Crippen LogP contribution in [0.2, 0.25) is 0 Å². The van der Waals surface area contributed by atoms with Crippen molar-refractivity contribution in [3.05, 3.63) is 40.8 Å². The van der Waals surface area contributed by atoms with Crippen molar-refractivity contribution in [1.82, 2.24) is 15.2 Å². The third-order valence-electron chi connectivity index (χ3n) is 5.40. The van der Waals surface area contributed by atoms with Crippen LogP contribution in [0, 0.1) is 11.3 Å². The van der Waals surface area contributed by atoms with Crippen LogP contribution in [0.15, 0.2) is 18.3 Å².